The predicted octanol–water partition coefficient (Wildman–Crippen LogP) is 0.797. The molecule has 1 fully saturated rings. The molecule has 1 aliphatic heterocycles. The van der Waals surface area contributed by atoms with Crippen LogP contribution < -0.4 is 5.32 Å². The SMILES string of the molecule is CCNC1=CCCC=C1C#C[C@]1(O)CCN(C)C1=O. The fraction of sp³-hybridized carbons (Fsp3) is 0.533. The number of nitrogens with zero attached hydrogens (tertiary/aromatic N) is 1. The van der Waals surface area contributed by atoms with E-state index >= 15 is 0 Å². The van der Waals surface area contributed by atoms with Crippen molar-refractivity contribution >= 4 is 5.91 Å². The van der Waals surface area contributed by atoms with Crippen molar-refractivity contribution in [3.63, 3.8) is 0 Å². The summed E-state index contributed by atoms with van der Waals surface area (Å²) in [7, 11) is 1.69. The Hall–Kier alpha value is -1.73. The number of rotatable bonds is 2. The summed E-state index contributed by atoms with van der Waals surface area (Å²) in [5.41, 5.74) is 0.372. The minimum atomic E-state index is -1.51. The maximum Gasteiger partial charge on any atom is 0.267 e. The second kappa shape index (κ2) is 5.50. The van der Waals surface area contributed by atoms with Crippen LogP contribution in [0.15, 0.2) is 23.4 Å². The molecule has 4 heteroatoms. The zero-order valence-electron chi connectivity index (χ0n) is 11.5. The second-order valence-corrected chi connectivity index (χ2v) is 4.93. The number of aliphatic hydroxyl groups is 1. The van der Waals surface area contributed by atoms with Crippen LogP contribution in [0.25, 0.3) is 0 Å². The van der Waals surface area contributed by atoms with E-state index in [-0.39, 0.29) is 5.91 Å². The third kappa shape index (κ3) is 2.82. The first-order valence-corrected chi connectivity index (χ1v) is 6.72. The van der Waals surface area contributed by atoms with Crippen LogP contribution in [-0.2, 0) is 4.79 Å². The van der Waals surface area contributed by atoms with Crippen LogP contribution in [0.2, 0.25) is 0 Å². The summed E-state index contributed by atoms with van der Waals surface area (Å²) in [4.78, 5) is 13.3. The van der Waals surface area contributed by atoms with Crippen LogP contribution in [0.4, 0.5) is 0 Å². The van der Waals surface area contributed by atoms with Gasteiger partial charge in [0.2, 0.25) is 5.60 Å². The molecule has 0 bridgehead atoms. The Morgan fingerprint density at radius 3 is 2.84 bits per heavy atom. The lowest BCUT2D eigenvalue weighted by molar-refractivity contribution is -0.137. The zero-order chi connectivity index (χ0) is 13.9. The van der Waals surface area contributed by atoms with E-state index in [1.54, 1.807) is 7.05 Å². The van der Waals surface area contributed by atoms with E-state index in [2.05, 4.69) is 29.3 Å². The summed E-state index contributed by atoms with van der Waals surface area (Å²) >= 11 is 0. The van der Waals surface area contributed by atoms with E-state index in [1.165, 1.54) is 4.90 Å². The van der Waals surface area contributed by atoms with Crippen molar-refractivity contribution in [2.75, 3.05) is 20.1 Å². The summed E-state index contributed by atoms with van der Waals surface area (Å²) in [6.45, 7) is 3.42. The molecule has 102 valence electrons. The molecule has 2 N–H and O–H groups in total. The monoisotopic (exact) mass is 260 g/mol. The van der Waals surface area contributed by atoms with Crippen LogP contribution in [0, 0.1) is 11.8 Å². The first-order chi connectivity index (χ1) is 9.07. The Morgan fingerprint density at radius 1 is 1.47 bits per heavy atom. The van der Waals surface area contributed by atoms with Gasteiger partial charge in [0.15, 0.2) is 0 Å². The number of likely N-dealkylation sites (N-methyl/N-ethyl adjacent to an activating group) is 2. The third-order valence-corrected chi connectivity index (χ3v) is 3.43. The lowest BCUT2D eigenvalue weighted by Crippen LogP contribution is -2.37. The standard InChI is InChI=1S/C15H20N2O2/c1-3-16-13-7-5-4-6-12(13)8-9-15(19)10-11-17(2)14(15)18/h6-7,16,19H,3-5,10-11H2,1-2H3/t15-/m0/s1. The van der Waals surface area contributed by atoms with Gasteiger partial charge in [-0.3, -0.25) is 4.79 Å². The van der Waals surface area contributed by atoms with E-state index in [4.69, 9.17) is 0 Å². The molecule has 4 nitrogen and oxygen atoms in total. The van der Waals surface area contributed by atoms with Crippen molar-refractivity contribution in [1.82, 2.24) is 10.2 Å². The van der Waals surface area contributed by atoms with Crippen LogP contribution in [-0.4, -0.2) is 41.7 Å². The molecule has 0 unspecified atom stereocenters. The topological polar surface area (TPSA) is 52.6 Å². The molecule has 0 aromatic heterocycles. The Labute approximate surface area is 114 Å². The Kier molecular flexibility index (Phi) is 3.96. The van der Waals surface area contributed by atoms with Crippen molar-refractivity contribution < 1.29 is 9.90 Å². The van der Waals surface area contributed by atoms with Crippen LogP contribution >= 0.6 is 0 Å². The lowest BCUT2D eigenvalue weighted by atomic mass is 9.99. The number of likely N-dealkylation sites (tertiary alicyclic amines) is 1. The van der Waals surface area contributed by atoms with Crippen LogP contribution in [0.3, 0.4) is 0 Å². The van der Waals surface area contributed by atoms with Gasteiger partial charge in [0, 0.05) is 37.8 Å². The molecule has 1 amide bonds. The quantitative estimate of drug-likeness (QED) is 0.722. The first-order valence-electron chi connectivity index (χ1n) is 6.72. The number of hydrogen-bond donors (Lipinski definition) is 2. The smallest absolute Gasteiger partial charge is 0.267 e. The number of allylic oxidation sites excluding steroid dienone is 3. The molecule has 19 heavy (non-hydrogen) atoms. The molecule has 0 spiro atoms. The van der Waals surface area contributed by atoms with E-state index in [0.29, 0.717) is 13.0 Å². The molecule has 2 aliphatic rings. The Balaban J connectivity index is 2.17. The summed E-state index contributed by atoms with van der Waals surface area (Å²) in [6.07, 6.45) is 6.49. The minimum Gasteiger partial charge on any atom is -0.385 e. The van der Waals surface area contributed by atoms with Gasteiger partial charge in [0.1, 0.15) is 0 Å². The largest absolute Gasteiger partial charge is 0.385 e. The number of amides is 1. The van der Waals surface area contributed by atoms with E-state index < -0.39 is 5.60 Å². The predicted molar refractivity (Wildman–Crippen MR) is 74.1 cm³/mol. The molecule has 2 rings (SSSR count). The van der Waals surface area contributed by atoms with Crippen molar-refractivity contribution in [2.45, 2.75) is 31.8 Å². The van der Waals surface area contributed by atoms with Gasteiger partial charge in [-0.25, -0.2) is 0 Å². The molecule has 0 aromatic rings. The van der Waals surface area contributed by atoms with E-state index in [9.17, 15) is 9.90 Å². The second-order valence-electron chi connectivity index (χ2n) is 4.93. The van der Waals surface area contributed by atoms with Gasteiger partial charge >= 0.3 is 0 Å². The van der Waals surface area contributed by atoms with Crippen LogP contribution in [0.5, 0.6) is 0 Å². The first kappa shape index (κ1) is 13.7. The molecular weight excluding hydrogens is 240 g/mol. The highest BCUT2D eigenvalue weighted by molar-refractivity contribution is 5.90. The Bertz CT molecular complexity index is 496. The number of carbonyl (C=O) groups is 1. The van der Waals surface area contributed by atoms with Gasteiger partial charge in [-0.05, 0) is 19.8 Å². The van der Waals surface area contributed by atoms with Gasteiger partial charge < -0.3 is 15.3 Å². The Morgan fingerprint density at radius 2 is 2.21 bits per heavy atom. The van der Waals surface area contributed by atoms with Gasteiger partial charge in [0.25, 0.3) is 5.91 Å². The van der Waals surface area contributed by atoms with Crippen molar-refractivity contribution in [2.24, 2.45) is 0 Å². The molecule has 1 saturated heterocycles. The molecular formula is C15H20N2O2. The van der Waals surface area contributed by atoms with E-state index in [0.717, 1.165) is 30.7 Å². The van der Waals surface area contributed by atoms with Crippen molar-refractivity contribution in [3.05, 3.63) is 23.4 Å². The minimum absolute atomic E-state index is 0.301. The number of nitrogens with one attached hydrogen (secondary N) is 1. The van der Waals surface area contributed by atoms with Gasteiger partial charge in [-0.2, -0.15) is 0 Å². The van der Waals surface area contributed by atoms with Gasteiger partial charge in [-0.1, -0.05) is 24.0 Å². The van der Waals surface area contributed by atoms with Gasteiger partial charge in [-0.15, -0.1) is 0 Å². The highest BCUT2D eigenvalue weighted by Gasteiger charge is 2.42. The zero-order valence-corrected chi connectivity index (χ0v) is 11.5. The molecule has 0 radical (unpaired) electrons. The number of hydrogen-bond acceptors (Lipinski definition) is 3. The summed E-state index contributed by atoms with van der Waals surface area (Å²) < 4.78 is 0. The number of carbonyl (C=O) groups excluding carboxylic acids is 1. The highest BCUT2D eigenvalue weighted by atomic mass is 16.3. The summed E-state index contributed by atoms with van der Waals surface area (Å²) in [5, 5.41) is 13.5. The van der Waals surface area contributed by atoms with E-state index in [1.807, 2.05) is 6.92 Å². The van der Waals surface area contributed by atoms with Gasteiger partial charge in [0.05, 0.1) is 0 Å². The highest BCUT2D eigenvalue weighted by Crippen LogP contribution is 2.22. The summed E-state index contributed by atoms with van der Waals surface area (Å²) in [6, 6.07) is 0. The fourth-order valence-electron chi connectivity index (χ4n) is 2.29. The maximum atomic E-state index is 11.8. The average Bonchev–Trinajstić information content (AvgIpc) is 2.67. The lowest BCUT2D eigenvalue weighted by Gasteiger charge is -2.15. The van der Waals surface area contributed by atoms with Crippen molar-refractivity contribution in [1.29, 1.82) is 0 Å². The molecule has 1 aliphatic carbocycles. The molecule has 0 aromatic carbocycles. The maximum absolute atomic E-state index is 11.8. The third-order valence-electron chi connectivity index (χ3n) is 3.43. The average molecular weight is 260 g/mol. The molecule has 1 heterocycles. The summed E-state index contributed by atoms with van der Waals surface area (Å²) in [5.74, 6) is 5.43. The molecule has 0 saturated carbocycles. The van der Waals surface area contributed by atoms with Crippen LogP contribution in [0.1, 0.15) is 26.2 Å². The normalized spacial score (nSPS) is 26.5. The fourth-order valence-corrected chi connectivity index (χ4v) is 2.29. The van der Waals surface area contributed by atoms with Crippen molar-refractivity contribution in [3.8, 4) is 11.8 Å². The molecule has 1 atom stereocenters.